The van der Waals surface area contributed by atoms with Crippen LogP contribution >= 0.6 is 0 Å². The lowest BCUT2D eigenvalue weighted by molar-refractivity contribution is -0.141. The van der Waals surface area contributed by atoms with Crippen LogP contribution in [0.3, 0.4) is 0 Å². The molecule has 2 atom stereocenters. The van der Waals surface area contributed by atoms with Crippen molar-refractivity contribution in [3.8, 4) is 0 Å². The van der Waals surface area contributed by atoms with E-state index in [2.05, 4.69) is 0 Å². The Kier molecular flexibility index (Phi) is 5.01. The lowest BCUT2D eigenvalue weighted by atomic mass is 10.1. The first-order valence-corrected chi connectivity index (χ1v) is 3.73. The van der Waals surface area contributed by atoms with Crippen molar-refractivity contribution in [1.29, 1.82) is 0 Å². The van der Waals surface area contributed by atoms with Gasteiger partial charge in [0.25, 0.3) is 0 Å². The molecule has 76 valence electrons. The van der Waals surface area contributed by atoms with E-state index in [0.29, 0.717) is 0 Å². The molecule has 6 heteroatoms. The number of aliphatic hydroxyl groups is 2. The summed E-state index contributed by atoms with van der Waals surface area (Å²) in [5.74, 6) is -2.33. The standard InChI is InChI=1S/C7H12O6/c8-4(1-2-6(10)11)5(9)3-7(12)13/h4-5,8-9H,1-3H2,(H,10,11)(H,12,13). The Bertz CT molecular complexity index is 189. The second kappa shape index (κ2) is 5.50. The molecular formula is C7H12O6. The molecule has 0 radical (unpaired) electrons. The average Bonchev–Trinajstić information content (AvgIpc) is 1.98. The van der Waals surface area contributed by atoms with Crippen molar-refractivity contribution in [2.24, 2.45) is 0 Å². The molecule has 0 rings (SSSR count). The van der Waals surface area contributed by atoms with Gasteiger partial charge in [0.05, 0.1) is 18.6 Å². The smallest absolute Gasteiger partial charge is 0.306 e. The van der Waals surface area contributed by atoms with Crippen LogP contribution in [0.1, 0.15) is 19.3 Å². The van der Waals surface area contributed by atoms with Gasteiger partial charge in [-0.1, -0.05) is 0 Å². The minimum atomic E-state index is -1.41. The zero-order chi connectivity index (χ0) is 10.4. The van der Waals surface area contributed by atoms with Gasteiger partial charge < -0.3 is 20.4 Å². The Morgan fingerprint density at radius 1 is 1.00 bits per heavy atom. The number of carboxylic acids is 2. The van der Waals surface area contributed by atoms with Crippen molar-refractivity contribution in [2.45, 2.75) is 31.5 Å². The van der Waals surface area contributed by atoms with Crippen LogP contribution in [-0.2, 0) is 9.59 Å². The Morgan fingerprint density at radius 3 is 1.92 bits per heavy atom. The monoisotopic (exact) mass is 192 g/mol. The molecule has 13 heavy (non-hydrogen) atoms. The van der Waals surface area contributed by atoms with E-state index >= 15 is 0 Å². The second-order valence-electron chi connectivity index (χ2n) is 2.66. The van der Waals surface area contributed by atoms with Crippen molar-refractivity contribution in [1.82, 2.24) is 0 Å². The number of aliphatic carboxylic acids is 2. The van der Waals surface area contributed by atoms with E-state index in [-0.39, 0.29) is 12.8 Å². The lowest BCUT2D eigenvalue weighted by Gasteiger charge is -2.14. The van der Waals surface area contributed by atoms with E-state index in [4.69, 9.17) is 20.4 Å². The fraction of sp³-hybridized carbons (Fsp3) is 0.714. The molecule has 0 spiro atoms. The maximum Gasteiger partial charge on any atom is 0.306 e. The van der Waals surface area contributed by atoms with Gasteiger partial charge >= 0.3 is 11.9 Å². The number of carbonyl (C=O) groups is 2. The lowest BCUT2D eigenvalue weighted by Crippen LogP contribution is -2.28. The summed E-state index contributed by atoms with van der Waals surface area (Å²) in [6, 6.07) is 0. The van der Waals surface area contributed by atoms with E-state index in [1.54, 1.807) is 0 Å². The van der Waals surface area contributed by atoms with Gasteiger partial charge in [0.15, 0.2) is 0 Å². The summed E-state index contributed by atoms with van der Waals surface area (Å²) in [4.78, 5) is 20.1. The van der Waals surface area contributed by atoms with Crippen LogP contribution in [0.5, 0.6) is 0 Å². The third-order valence-corrected chi connectivity index (χ3v) is 1.48. The van der Waals surface area contributed by atoms with Crippen LogP contribution in [0, 0.1) is 0 Å². The zero-order valence-electron chi connectivity index (χ0n) is 6.88. The normalized spacial score (nSPS) is 14.9. The van der Waals surface area contributed by atoms with Crippen molar-refractivity contribution in [2.75, 3.05) is 0 Å². The van der Waals surface area contributed by atoms with Crippen LogP contribution in [0.15, 0.2) is 0 Å². The molecule has 0 bridgehead atoms. The fourth-order valence-corrected chi connectivity index (χ4v) is 0.779. The van der Waals surface area contributed by atoms with Crippen molar-refractivity contribution in [3.63, 3.8) is 0 Å². The van der Waals surface area contributed by atoms with E-state index < -0.39 is 30.6 Å². The minimum Gasteiger partial charge on any atom is -0.481 e. The molecule has 0 aliphatic rings. The van der Waals surface area contributed by atoms with Gasteiger partial charge in [-0.3, -0.25) is 9.59 Å². The van der Waals surface area contributed by atoms with Gasteiger partial charge in [0, 0.05) is 6.42 Å². The van der Waals surface area contributed by atoms with Crippen LogP contribution in [0.4, 0.5) is 0 Å². The summed E-state index contributed by atoms with van der Waals surface area (Å²) in [6.07, 6.45) is -3.73. The molecule has 4 N–H and O–H groups in total. The van der Waals surface area contributed by atoms with Crippen molar-refractivity contribution >= 4 is 11.9 Å². The SMILES string of the molecule is O=C(O)CCC(O)C(O)CC(=O)O. The topological polar surface area (TPSA) is 115 Å². The number of aliphatic hydroxyl groups excluding tert-OH is 2. The van der Waals surface area contributed by atoms with Crippen LogP contribution in [0.2, 0.25) is 0 Å². The highest BCUT2D eigenvalue weighted by atomic mass is 16.4. The van der Waals surface area contributed by atoms with Gasteiger partial charge in [0.2, 0.25) is 0 Å². The second-order valence-corrected chi connectivity index (χ2v) is 2.66. The highest BCUT2D eigenvalue weighted by molar-refractivity contribution is 5.67. The predicted octanol–water partition coefficient (Wildman–Crippen LogP) is -0.952. The summed E-state index contributed by atoms with van der Waals surface area (Å²) in [6.45, 7) is 0. The molecule has 6 nitrogen and oxygen atoms in total. The van der Waals surface area contributed by atoms with Gasteiger partial charge in [-0.05, 0) is 6.42 Å². The molecular weight excluding hydrogens is 180 g/mol. The quantitative estimate of drug-likeness (QED) is 0.431. The average molecular weight is 192 g/mol. The molecule has 0 aromatic heterocycles. The fourth-order valence-electron chi connectivity index (χ4n) is 0.779. The predicted molar refractivity (Wildman–Crippen MR) is 41.1 cm³/mol. The van der Waals surface area contributed by atoms with E-state index in [0.717, 1.165) is 0 Å². The molecule has 0 aliphatic carbocycles. The third kappa shape index (κ3) is 6.06. The first kappa shape index (κ1) is 11.9. The summed E-state index contributed by atoms with van der Waals surface area (Å²) < 4.78 is 0. The minimum absolute atomic E-state index is 0.149. The first-order valence-electron chi connectivity index (χ1n) is 3.73. The van der Waals surface area contributed by atoms with E-state index in [9.17, 15) is 9.59 Å². The number of hydrogen-bond acceptors (Lipinski definition) is 4. The van der Waals surface area contributed by atoms with Gasteiger partial charge in [-0.25, -0.2) is 0 Å². The zero-order valence-corrected chi connectivity index (χ0v) is 6.88. The van der Waals surface area contributed by atoms with Gasteiger partial charge in [-0.2, -0.15) is 0 Å². The number of hydrogen-bond donors (Lipinski definition) is 4. The Hall–Kier alpha value is -1.14. The van der Waals surface area contributed by atoms with Gasteiger partial charge in [-0.15, -0.1) is 0 Å². The molecule has 0 heterocycles. The largest absolute Gasteiger partial charge is 0.481 e. The summed E-state index contributed by atoms with van der Waals surface area (Å²) >= 11 is 0. The summed E-state index contributed by atoms with van der Waals surface area (Å²) in [5.41, 5.74) is 0. The Labute approximate surface area is 74.4 Å². The van der Waals surface area contributed by atoms with Crippen molar-refractivity contribution in [3.05, 3.63) is 0 Å². The third-order valence-electron chi connectivity index (χ3n) is 1.48. The molecule has 0 saturated carbocycles. The van der Waals surface area contributed by atoms with Gasteiger partial charge in [0.1, 0.15) is 0 Å². The summed E-state index contributed by atoms with van der Waals surface area (Å²) in [5, 5.41) is 34.5. The summed E-state index contributed by atoms with van der Waals surface area (Å²) in [7, 11) is 0. The molecule has 0 amide bonds. The van der Waals surface area contributed by atoms with Crippen LogP contribution in [0.25, 0.3) is 0 Å². The molecule has 0 aliphatic heterocycles. The van der Waals surface area contributed by atoms with Crippen molar-refractivity contribution < 1.29 is 30.0 Å². The Balaban J connectivity index is 3.75. The van der Waals surface area contributed by atoms with E-state index in [1.807, 2.05) is 0 Å². The molecule has 0 aromatic rings. The number of carboxylic acid groups (broad SMARTS) is 2. The number of rotatable bonds is 6. The molecule has 0 fully saturated rings. The first-order chi connectivity index (χ1) is 5.93. The van der Waals surface area contributed by atoms with E-state index in [1.165, 1.54) is 0 Å². The van der Waals surface area contributed by atoms with Crippen LogP contribution in [-0.4, -0.2) is 44.6 Å². The maximum absolute atomic E-state index is 10.1. The maximum atomic E-state index is 10.1. The molecule has 2 unspecified atom stereocenters. The Morgan fingerprint density at radius 2 is 1.54 bits per heavy atom. The molecule has 0 saturated heterocycles. The highest BCUT2D eigenvalue weighted by Gasteiger charge is 2.19. The highest BCUT2D eigenvalue weighted by Crippen LogP contribution is 2.05. The van der Waals surface area contributed by atoms with Crippen LogP contribution < -0.4 is 0 Å². The molecule has 0 aromatic carbocycles.